The summed E-state index contributed by atoms with van der Waals surface area (Å²) >= 11 is 0. The van der Waals surface area contributed by atoms with E-state index >= 15 is 0 Å². The number of hydrogen-bond acceptors (Lipinski definition) is 3. The highest BCUT2D eigenvalue weighted by molar-refractivity contribution is 5.78. The summed E-state index contributed by atoms with van der Waals surface area (Å²) in [5.74, 6) is -0.0329. The van der Waals surface area contributed by atoms with E-state index in [2.05, 4.69) is 39.6 Å². The zero-order valence-corrected chi connectivity index (χ0v) is 15.9. The number of rotatable bonds is 7. The van der Waals surface area contributed by atoms with Crippen molar-refractivity contribution in [2.24, 2.45) is 5.92 Å². The van der Waals surface area contributed by atoms with Crippen LogP contribution in [0.3, 0.4) is 0 Å². The van der Waals surface area contributed by atoms with Crippen LogP contribution in [0.15, 0.2) is 36.5 Å². The number of aromatic nitrogens is 2. The Morgan fingerprint density at radius 2 is 1.88 bits per heavy atom. The van der Waals surface area contributed by atoms with E-state index in [4.69, 9.17) is 0 Å². The summed E-state index contributed by atoms with van der Waals surface area (Å²) < 4.78 is 1.84. The quantitative estimate of drug-likeness (QED) is 0.831. The van der Waals surface area contributed by atoms with Gasteiger partial charge in [-0.25, -0.2) is 0 Å². The van der Waals surface area contributed by atoms with E-state index in [1.807, 2.05) is 30.8 Å². The van der Waals surface area contributed by atoms with Gasteiger partial charge in [-0.2, -0.15) is 5.10 Å². The fourth-order valence-corrected chi connectivity index (χ4v) is 3.53. The Morgan fingerprint density at radius 1 is 1.15 bits per heavy atom. The third kappa shape index (κ3) is 5.18. The van der Waals surface area contributed by atoms with Crippen LogP contribution in [0.4, 0.5) is 0 Å². The van der Waals surface area contributed by atoms with Crippen molar-refractivity contribution in [2.75, 3.05) is 13.1 Å². The fraction of sp³-hybridized carbons (Fsp3) is 0.524. The molecule has 1 saturated heterocycles. The van der Waals surface area contributed by atoms with E-state index in [-0.39, 0.29) is 11.8 Å². The number of carbonyl (C=O) groups is 1. The number of likely N-dealkylation sites (tertiary alicyclic amines) is 1. The molecule has 1 N–H and O–H groups in total. The van der Waals surface area contributed by atoms with Crippen molar-refractivity contribution in [1.82, 2.24) is 20.0 Å². The van der Waals surface area contributed by atoms with Gasteiger partial charge in [-0.15, -0.1) is 0 Å². The number of aryl methyl sites for hydroxylation is 1. The molecule has 5 heteroatoms. The number of nitrogens with zero attached hydrogens (tertiary/aromatic N) is 3. The predicted octanol–water partition coefficient (Wildman–Crippen LogP) is 3.13. The van der Waals surface area contributed by atoms with Gasteiger partial charge in [-0.1, -0.05) is 37.6 Å². The second-order valence-electron chi connectivity index (χ2n) is 7.40. The molecule has 0 bridgehead atoms. The summed E-state index contributed by atoms with van der Waals surface area (Å²) in [5, 5.41) is 7.47. The summed E-state index contributed by atoms with van der Waals surface area (Å²) in [4.78, 5) is 15.0. The van der Waals surface area contributed by atoms with Crippen molar-refractivity contribution in [3.63, 3.8) is 0 Å². The number of benzene rings is 1. The summed E-state index contributed by atoms with van der Waals surface area (Å²) in [5.41, 5.74) is 3.52. The summed E-state index contributed by atoms with van der Waals surface area (Å²) in [6.45, 7) is 8.45. The Hall–Kier alpha value is -2.14. The Labute approximate surface area is 156 Å². The van der Waals surface area contributed by atoms with Gasteiger partial charge in [0.1, 0.15) is 0 Å². The largest absolute Gasteiger partial charge is 0.352 e. The molecule has 140 valence electrons. The molecule has 1 aliphatic heterocycles. The van der Waals surface area contributed by atoms with Gasteiger partial charge in [-0.05, 0) is 50.0 Å². The molecule has 2 aromatic rings. The molecule has 1 fully saturated rings. The van der Waals surface area contributed by atoms with Crippen LogP contribution in [0.5, 0.6) is 0 Å². The van der Waals surface area contributed by atoms with Crippen molar-refractivity contribution in [2.45, 2.75) is 52.7 Å². The zero-order valence-electron chi connectivity index (χ0n) is 15.9. The van der Waals surface area contributed by atoms with Crippen LogP contribution in [0.2, 0.25) is 0 Å². The molecule has 0 saturated carbocycles. The Bertz CT molecular complexity index is 718. The van der Waals surface area contributed by atoms with Crippen LogP contribution in [0.25, 0.3) is 0 Å². The van der Waals surface area contributed by atoms with Gasteiger partial charge in [0.25, 0.3) is 0 Å². The van der Waals surface area contributed by atoms with Crippen LogP contribution in [-0.2, 0) is 24.4 Å². The monoisotopic (exact) mass is 354 g/mol. The molecule has 0 aliphatic carbocycles. The molecule has 1 aromatic carbocycles. The summed E-state index contributed by atoms with van der Waals surface area (Å²) in [7, 11) is 0. The normalized spacial score (nSPS) is 16.4. The Morgan fingerprint density at radius 3 is 2.58 bits per heavy atom. The van der Waals surface area contributed by atoms with E-state index in [1.54, 1.807) is 0 Å². The van der Waals surface area contributed by atoms with Crippen LogP contribution in [0.1, 0.15) is 43.0 Å². The lowest BCUT2D eigenvalue weighted by Crippen LogP contribution is -2.32. The molecule has 1 aliphatic rings. The van der Waals surface area contributed by atoms with Gasteiger partial charge < -0.3 is 5.32 Å². The first-order valence-electron chi connectivity index (χ1n) is 9.69. The number of piperidine rings is 1. The topological polar surface area (TPSA) is 50.2 Å². The van der Waals surface area contributed by atoms with E-state index in [0.29, 0.717) is 13.1 Å². The van der Waals surface area contributed by atoms with Gasteiger partial charge in [0.15, 0.2) is 0 Å². The molecule has 5 nitrogen and oxygen atoms in total. The molecule has 26 heavy (non-hydrogen) atoms. The summed E-state index contributed by atoms with van der Waals surface area (Å²) in [6.07, 6.45) is 5.86. The van der Waals surface area contributed by atoms with Gasteiger partial charge >= 0.3 is 0 Å². The van der Waals surface area contributed by atoms with Crippen LogP contribution in [-0.4, -0.2) is 33.7 Å². The standard InChI is InChI=1S/C21H30N4O/c1-17(15-25-13-10-18(2)23-25)21(26)22-14-19-8-4-5-9-20(19)16-24-11-6-3-7-12-24/h4-5,8-10,13,17H,3,6-7,11-12,14-16H2,1-2H3,(H,22,26). The highest BCUT2D eigenvalue weighted by Crippen LogP contribution is 2.16. The first-order valence-corrected chi connectivity index (χ1v) is 9.69. The Kier molecular flexibility index (Phi) is 6.45. The maximum Gasteiger partial charge on any atom is 0.224 e. The molecule has 3 rings (SSSR count). The molecular formula is C21H30N4O. The maximum absolute atomic E-state index is 12.5. The van der Waals surface area contributed by atoms with Crippen molar-refractivity contribution >= 4 is 5.91 Å². The third-order valence-electron chi connectivity index (χ3n) is 5.10. The fourth-order valence-electron chi connectivity index (χ4n) is 3.53. The molecule has 1 aromatic heterocycles. The van der Waals surface area contributed by atoms with Crippen molar-refractivity contribution in [1.29, 1.82) is 0 Å². The minimum atomic E-state index is -0.108. The highest BCUT2D eigenvalue weighted by Gasteiger charge is 2.16. The van der Waals surface area contributed by atoms with Gasteiger partial charge in [-0.3, -0.25) is 14.4 Å². The van der Waals surface area contributed by atoms with E-state index in [1.165, 1.54) is 43.5 Å². The second-order valence-corrected chi connectivity index (χ2v) is 7.40. The average Bonchev–Trinajstić information content (AvgIpc) is 3.06. The number of hydrogen-bond donors (Lipinski definition) is 1. The van der Waals surface area contributed by atoms with Crippen LogP contribution < -0.4 is 5.32 Å². The Balaban J connectivity index is 1.54. The van der Waals surface area contributed by atoms with Gasteiger partial charge in [0.2, 0.25) is 5.91 Å². The minimum absolute atomic E-state index is 0.0749. The maximum atomic E-state index is 12.5. The lowest BCUT2D eigenvalue weighted by Gasteiger charge is -2.27. The van der Waals surface area contributed by atoms with Gasteiger partial charge in [0.05, 0.1) is 18.2 Å². The highest BCUT2D eigenvalue weighted by atomic mass is 16.1. The zero-order chi connectivity index (χ0) is 18.4. The molecule has 1 unspecified atom stereocenters. The molecular weight excluding hydrogens is 324 g/mol. The van der Waals surface area contributed by atoms with E-state index in [9.17, 15) is 4.79 Å². The van der Waals surface area contributed by atoms with E-state index in [0.717, 1.165) is 12.2 Å². The second kappa shape index (κ2) is 8.99. The lowest BCUT2D eigenvalue weighted by atomic mass is 10.0. The first kappa shape index (κ1) is 18.6. The number of amides is 1. The number of carbonyl (C=O) groups excluding carboxylic acids is 1. The van der Waals surface area contributed by atoms with Crippen molar-refractivity contribution < 1.29 is 4.79 Å². The molecule has 2 heterocycles. The van der Waals surface area contributed by atoms with Crippen LogP contribution in [0, 0.1) is 12.8 Å². The average molecular weight is 354 g/mol. The molecule has 1 atom stereocenters. The molecule has 0 radical (unpaired) electrons. The smallest absolute Gasteiger partial charge is 0.224 e. The van der Waals surface area contributed by atoms with E-state index < -0.39 is 0 Å². The number of nitrogens with one attached hydrogen (secondary N) is 1. The molecule has 0 spiro atoms. The third-order valence-corrected chi connectivity index (χ3v) is 5.10. The van der Waals surface area contributed by atoms with Crippen molar-refractivity contribution in [3.05, 3.63) is 53.3 Å². The van der Waals surface area contributed by atoms with Crippen molar-refractivity contribution in [3.8, 4) is 0 Å². The molecule has 1 amide bonds. The predicted molar refractivity (Wildman–Crippen MR) is 104 cm³/mol. The van der Waals surface area contributed by atoms with Crippen LogP contribution >= 0.6 is 0 Å². The SMILES string of the molecule is Cc1ccn(CC(C)C(=O)NCc2ccccc2CN2CCCCC2)n1. The lowest BCUT2D eigenvalue weighted by molar-refractivity contribution is -0.125. The minimum Gasteiger partial charge on any atom is -0.352 e. The van der Waals surface area contributed by atoms with Gasteiger partial charge in [0, 0.05) is 19.3 Å². The first-order chi connectivity index (χ1) is 12.6. The summed E-state index contributed by atoms with van der Waals surface area (Å²) in [6, 6.07) is 10.4.